The van der Waals surface area contributed by atoms with E-state index in [1.54, 1.807) is 0 Å². The van der Waals surface area contributed by atoms with E-state index >= 15 is 0 Å². The van der Waals surface area contributed by atoms with Crippen LogP contribution < -0.4 is 9.47 Å². The van der Waals surface area contributed by atoms with Crippen molar-refractivity contribution >= 4 is 0 Å². The van der Waals surface area contributed by atoms with Crippen LogP contribution in [0.2, 0.25) is 0 Å². The van der Waals surface area contributed by atoms with Crippen LogP contribution >= 0.6 is 0 Å². The van der Waals surface area contributed by atoms with Crippen LogP contribution in [0, 0.1) is 0 Å². The van der Waals surface area contributed by atoms with Gasteiger partial charge in [0, 0.05) is 32.7 Å². The van der Waals surface area contributed by atoms with Crippen molar-refractivity contribution < 1.29 is 14.6 Å². The standard InChI is InChI=1S/C19H26N4O3/c1-21(2)12-17(24)16-9-15-11-22(6-3-7-23(15)20-16)10-14-4-5-18-19(8-14)26-13-25-18/h4-5,8-9,17,24H,3,6-7,10-13H2,1-2H3/t17-/m0/s1. The van der Waals surface area contributed by atoms with Crippen molar-refractivity contribution in [3.63, 3.8) is 0 Å². The number of fused-ring (bicyclic) bond motifs is 2. The highest BCUT2D eigenvalue weighted by molar-refractivity contribution is 5.44. The molecular formula is C19H26N4O3. The molecule has 0 fully saturated rings. The summed E-state index contributed by atoms with van der Waals surface area (Å²) in [5.41, 5.74) is 3.14. The number of hydrogen-bond donors (Lipinski definition) is 1. The van der Waals surface area contributed by atoms with Gasteiger partial charge in [-0.15, -0.1) is 0 Å². The summed E-state index contributed by atoms with van der Waals surface area (Å²) in [5, 5.41) is 15.0. The summed E-state index contributed by atoms with van der Waals surface area (Å²) in [4.78, 5) is 4.39. The Morgan fingerprint density at radius 3 is 2.88 bits per heavy atom. The molecule has 1 atom stereocenters. The predicted octanol–water partition coefficient (Wildman–Crippen LogP) is 1.61. The van der Waals surface area contributed by atoms with Gasteiger partial charge in [-0.3, -0.25) is 9.58 Å². The molecular weight excluding hydrogens is 332 g/mol. The average molecular weight is 358 g/mol. The molecule has 0 unspecified atom stereocenters. The number of likely N-dealkylation sites (N-methyl/N-ethyl adjacent to an activating group) is 1. The number of aliphatic hydroxyl groups excluding tert-OH is 1. The molecule has 7 heteroatoms. The zero-order valence-corrected chi connectivity index (χ0v) is 15.4. The molecule has 3 heterocycles. The van der Waals surface area contributed by atoms with Crippen LogP contribution in [0.3, 0.4) is 0 Å². The first-order chi connectivity index (χ1) is 12.6. The quantitative estimate of drug-likeness (QED) is 0.876. The minimum atomic E-state index is -0.549. The van der Waals surface area contributed by atoms with Gasteiger partial charge in [0.1, 0.15) is 6.10 Å². The lowest BCUT2D eigenvalue weighted by molar-refractivity contribution is 0.133. The zero-order valence-electron chi connectivity index (χ0n) is 15.4. The second kappa shape index (κ2) is 7.26. The number of ether oxygens (including phenoxy) is 2. The molecule has 0 aliphatic carbocycles. The van der Waals surface area contributed by atoms with Crippen molar-refractivity contribution in [2.75, 3.05) is 34.0 Å². The van der Waals surface area contributed by atoms with Crippen molar-refractivity contribution in [2.24, 2.45) is 0 Å². The molecule has 1 N–H and O–H groups in total. The number of aryl methyl sites for hydroxylation is 1. The maximum absolute atomic E-state index is 10.3. The minimum Gasteiger partial charge on any atom is -0.454 e. The molecule has 2 aromatic rings. The Morgan fingerprint density at radius 2 is 2.04 bits per heavy atom. The zero-order chi connectivity index (χ0) is 18.1. The molecule has 4 rings (SSSR count). The molecule has 1 aromatic heterocycles. The summed E-state index contributed by atoms with van der Waals surface area (Å²) in [7, 11) is 3.91. The highest BCUT2D eigenvalue weighted by Crippen LogP contribution is 2.33. The number of benzene rings is 1. The van der Waals surface area contributed by atoms with E-state index in [0.717, 1.165) is 55.5 Å². The van der Waals surface area contributed by atoms with E-state index < -0.39 is 6.10 Å². The van der Waals surface area contributed by atoms with Gasteiger partial charge in [-0.2, -0.15) is 5.10 Å². The molecule has 0 radical (unpaired) electrons. The van der Waals surface area contributed by atoms with Crippen LogP contribution in [-0.4, -0.2) is 58.7 Å². The number of aliphatic hydroxyl groups is 1. The van der Waals surface area contributed by atoms with E-state index in [2.05, 4.69) is 22.1 Å². The van der Waals surface area contributed by atoms with Gasteiger partial charge in [-0.05, 0) is 44.3 Å². The Morgan fingerprint density at radius 1 is 1.19 bits per heavy atom. The van der Waals surface area contributed by atoms with E-state index in [1.165, 1.54) is 5.56 Å². The van der Waals surface area contributed by atoms with E-state index in [9.17, 15) is 5.11 Å². The predicted molar refractivity (Wildman–Crippen MR) is 97.0 cm³/mol. The molecule has 2 aliphatic rings. The maximum Gasteiger partial charge on any atom is 0.231 e. The van der Waals surface area contributed by atoms with Gasteiger partial charge in [-0.1, -0.05) is 6.07 Å². The normalized spacial score (nSPS) is 18.0. The molecule has 7 nitrogen and oxygen atoms in total. The fourth-order valence-electron chi connectivity index (χ4n) is 3.59. The first-order valence-corrected chi connectivity index (χ1v) is 9.09. The number of nitrogens with zero attached hydrogens (tertiary/aromatic N) is 4. The van der Waals surface area contributed by atoms with Gasteiger partial charge in [0.2, 0.25) is 6.79 Å². The second-order valence-corrected chi connectivity index (χ2v) is 7.31. The molecule has 2 aliphatic heterocycles. The Labute approximate surface area is 153 Å². The lowest BCUT2D eigenvalue weighted by Gasteiger charge is -2.19. The van der Waals surface area contributed by atoms with Crippen LogP contribution in [0.15, 0.2) is 24.3 Å². The van der Waals surface area contributed by atoms with Crippen LogP contribution in [0.5, 0.6) is 11.5 Å². The van der Waals surface area contributed by atoms with Crippen molar-refractivity contribution in [3.05, 3.63) is 41.2 Å². The van der Waals surface area contributed by atoms with E-state index in [1.807, 2.05) is 35.8 Å². The summed E-state index contributed by atoms with van der Waals surface area (Å²) < 4.78 is 12.9. The van der Waals surface area contributed by atoms with Gasteiger partial charge in [0.15, 0.2) is 11.5 Å². The topological polar surface area (TPSA) is 63.0 Å². The molecule has 0 bridgehead atoms. The Balaban J connectivity index is 1.46. The van der Waals surface area contributed by atoms with Crippen molar-refractivity contribution in [3.8, 4) is 11.5 Å². The lowest BCUT2D eigenvalue weighted by Crippen LogP contribution is -2.23. The summed E-state index contributed by atoms with van der Waals surface area (Å²) >= 11 is 0. The highest BCUT2D eigenvalue weighted by atomic mass is 16.7. The molecule has 0 saturated heterocycles. The second-order valence-electron chi connectivity index (χ2n) is 7.31. The minimum absolute atomic E-state index is 0.305. The number of rotatable bonds is 5. The Bertz CT molecular complexity index is 774. The van der Waals surface area contributed by atoms with Gasteiger partial charge >= 0.3 is 0 Å². The van der Waals surface area contributed by atoms with Gasteiger partial charge < -0.3 is 19.5 Å². The third-order valence-electron chi connectivity index (χ3n) is 4.83. The van der Waals surface area contributed by atoms with Crippen molar-refractivity contribution in [1.29, 1.82) is 0 Å². The molecule has 0 spiro atoms. The molecule has 26 heavy (non-hydrogen) atoms. The average Bonchev–Trinajstić information content (AvgIpc) is 3.17. The molecule has 1 aromatic carbocycles. The van der Waals surface area contributed by atoms with E-state index in [-0.39, 0.29) is 0 Å². The SMILES string of the molecule is CN(C)C[C@H](O)c1cc2n(n1)CCCN(Cc1ccc3c(c1)OCO3)C2. The third-order valence-corrected chi connectivity index (χ3v) is 4.83. The summed E-state index contributed by atoms with van der Waals surface area (Å²) in [5.74, 6) is 1.65. The van der Waals surface area contributed by atoms with Crippen LogP contribution in [0.4, 0.5) is 0 Å². The lowest BCUT2D eigenvalue weighted by atomic mass is 10.1. The van der Waals surface area contributed by atoms with E-state index in [0.29, 0.717) is 13.3 Å². The van der Waals surface area contributed by atoms with Crippen LogP contribution in [0.1, 0.15) is 29.5 Å². The molecule has 0 amide bonds. The molecule has 140 valence electrons. The van der Waals surface area contributed by atoms with Gasteiger partial charge in [0.25, 0.3) is 0 Å². The smallest absolute Gasteiger partial charge is 0.231 e. The maximum atomic E-state index is 10.3. The summed E-state index contributed by atoms with van der Waals surface area (Å²) in [6.45, 7) is 4.49. The van der Waals surface area contributed by atoms with Crippen LogP contribution in [0.25, 0.3) is 0 Å². The highest BCUT2D eigenvalue weighted by Gasteiger charge is 2.21. The Kier molecular flexibility index (Phi) is 4.84. The first-order valence-electron chi connectivity index (χ1n) is 9.09. The van der Waals surface area contributed by atoms with Crippen molar-refractivity contribution in [2.45, 2.75) is 32.2 Å². The van der Waals surface area contributed by atoms with E-state index in [4.69, 9.17) is 9.47 Å². The third kappa shape index (κ3) is 3.70. The largest absolute Gasteiger partial charge is 0.454 e. The number of hydrogen-bond acceptors (Lipinski definition) is 6. The van der Waals surface area contributed by atoms with Crippen molar-refractivity contribution in [1.82, 2.24) is 19.6 Å². The monoisotopic (exact) mass is 358 g/mol. The fourth-order valence-corrected chi connectivity index (χ4v) is 3.59. The summed E-state index contributed by atoms with van der Waals surface area (Å²) in [6.07, 6.45) is 0.495. The fraction of sp³-hybridized carbons (Fsp3) is 0.526. The van der Waals surface area contributed by atoms with Crippen LogP contribution in [-0.2, 0) is 19.6 Å². The molecule has 0 saturated carbocycles. The first kappa shape index (κ1) is 17.3. The van der Waals surface area contributed by atoms with Gasteiger partial charge in [0.05, 0.1) is 11.4 Å². The van der Waals surface area contributed by atoms with Gasteiger partial charge in [-0.25, -0.2) is 0 Å². The summed E-state index contributed by atoms with van der Waals surface area (Å²) in [6, 6.07) is 8.19. The Hall–Kier alpha value is -2.09. The number of aromatic nitrogens is 2.